The summed E-state index contributed by atoms with van der Waals surface area (Å²) in [5.74, 6) is 0. The van der Waals surface area contributed by atoms with Crippen LogP contribution in [0.2, 0.25) is 0 Å². The van der Waals surface area contributed by atoms with Crippen molar-refractivity contribution in [3.05, 3.63) is 28.6 Å². The summed E-state index contributed by atoms with van der Waals surface area (Å²) in [4.78, 5) is 13.2. The third kappa shape index (κ3) is 2.48. The van der Waals surface area contributed by atoms with E-state index in [0.717, 1.165) is 12.8 Å². The molecule has 0 atom stereocenters. The van der Waals surface area contributed by atoms with Gasteiger partial charge in [-0.2, -0.15) is 0 Å². The molecule has 1 aromatic rings. The van der Waals surface area contributed by atoms with Gasteiger partial charge in [-0.25, -0.2) is 4.98 Å². The van der Waals surface area contributed by atoms with Gasteiger partial charge >= 0.3 is 5.69 Å². The summed E-state index contributed by atoms with van der Waals surface area (Å²) in [5.41, 5.74) is 0.740. The molecule has 0 radical (unpaired) electrons. The number of hydrogen-bond donors (Lipinski definition) is 1. The Morgan fingerprint density at radius 1 is 1.38 bits per heavy atom. The molecule has 86 valence electrons. The topological polar surface area (TPSA) is 69.3 Å². The molecule has 1 fully saturated rings. The van der Waals surface area contributed by atoms with E-state index in [4.69, 9.17) is 0 Å². The smallest absolute Gasteiger partial charge is 0.355 e. The number of anilines is 1. The van der Waals surface area contributed by atoms with E-state index in [0.29, 0.717) is 11.7 Å². The SMILES string of the molecule is O=[N+]([O-])c1c[nH+]ccc1NC1CCCCC1. The number of H-pyrrole nitrogens is 1. The Morgan fingerprint density at radius 2 is 2.12 bits per heavy atom. The number of nitrogens with one attached hydrogen (secondary N) is 2. The molecule has 1 aliphatic rings. The van der Waals surface area contributed by atoms with Gasteiger partial charge in [0.2, 0.25) is 6.20 Å². The van der Waals surface area contributed by atoms with E-state index in [1.54, 1.807) is 12.3 Å². The van der Waals surface area contributed by atoms with Crippen LogP contribution in [0.5, 0.6) is 0 Å². The van der Waals surface area contributed by atoms with Crippen molar-refractivity contribution in [3.63, 3.8) is 0 Å². The average Bonchev–Trinajstić information content (AvgIpc) is 2.31. The second-order valence-corrected chi connectivity index (χ2v) is 4.18. The van der Waals surface area contributed by atoms with Gasteiger partial charge in [-0.15, -0.1) is 0 Å². The van der Waals surface area contributed by atoms with Gasteiger partial charge in [0.25, 0.3) is 0 Å². The number of aromatic nitrogens is 1. The van der Waals surface area contributed by atoms with Crippen molar-refractivity contribution in [2.45, 2.75) is 38.1 Å². The van der Waals surface area contributed by atoms with Gasteiger partial charge in [-0.3, -0.25) is 10.1 Å². The average molecular weight is 222 g/mol. The highest BCUT2D eigenvalue weighted by molar-refractivity contribution is 5.59. The Balaban J connectivity index is 2.10. The molecule has 1 saturated carbocycles. The summed E-state index contributed by atoms with van der Waals surface area (Å²) in [6, 6.07) is 2.11. The number of pyridine rings is 1. The number of aromatic amines is 1. The van der Waals surface area contributed by atoms with E-state index in [9.17, 15) is 10.1 Å². The van der Waals surface area contributed by atoms with Crippen molar-refractivity contribution >= 4 is 11.4 Å². The minimum atomic E-state index is -0.359. The quantitative estimate of drug-likeness (QED) is 0.629. The maximum absolute atomic E-state index is 10.8. The zero-order valence-electron chi connectivity index (χ0n) is 9.11. The largest absolute Gasteiger partial charge is 0.376 e. The first kappa shape index (κ1) is 10.9. The van der Waals surface area contributed by atoms with Gasteiger partial charge in [-0.05, 0) is 12.8 Å². The van der Waals surface area contributed by atoms with Gasteiger partial charge in [-0.1, -0.05) is 19.3 Å². The van der Waals surface area contributed by atoms with Crippen LogP contribution in [-0.4, -0.2) is 11.0 Å². The molecule has 0 aromatic carbocycles. The Hall–Kier alpha value is -1.65. The van der Waals surface area contributed by atoms with Gasteiger partial charge in [0, 0.05) is 12.1 Å². The highest BCUT2D eigenvalue weighted by atomic mass is 16.6. The van der Waals surface area contributed by atoms with Crippen molar-refractivity contribution in [2.75, 3.05) is 5.32 Å². The van der Waals surface area contributed by atoms with E-state index < -0.39 is 0 Å². The number of nitro groups is 1. The molecule has 0 saturated heterocycles. The van der Waals surface area contributed by atoms with Gasteiger partial charge < -0.3 is 5.32 Å². The first-order valence-electron chi connectivity index (χ1n) is 5.68. The monoisotopic (exact) mass is 222 g/mol. The third-order valence-corrected chi connectivity index (χ3v) is 3.00. The Morgan fingerprint density at radius 3 is 2.81 bits per heavy atom. The highest BCUT2D eigenvalue weighted by Crippen LogP contribution is 2.26. The van der Waals surface area contributed by atoms with Crippen LogP contribution in [0.4, 0.5) is 11.4 Å². The predicted molar refractivity (Wildman–Crippen MR) is 60.1 cm³/mol. The molecular formula is C11H16N3O2+. The van der Waals surface area contributed by atoms with Crippen LogP contribution >= 0.6 is 0 Å². The minimum Gasteiger partial charge on any atom is -0.376 e. The number of nitrogens with zero attached hydrogens (tertiary/aromatic N) is 1. The second-order valence-electron chi connectivity index (χ2n) is 4.18. The lowest BCUT2D eigenvalue weighted by Crippen LogP contribution is -2.23. The van der Waals surface area contributed by atoms with Crippen LogP contribution < -0.4 is 10.3 Å². The molecule has 0 amide bonds. The van der Waals surface area contributed by atoms with Crippen LogP contribution in [0, 0.1) is 10.1 Å². The van der Waals surface area contributed by atoms with Crippen molar-refractivity contribution in [3.8, 4) is 0 Å². The minimum absolute atomic E-state index is 0.119. The second kappa shape index (κ2) is 4.92. The Labute approximate surface area is 94.0 Å². The molecule has 1 heterocycles. The fourth-order valence-electron chi connectivity index (χ4n) is 2.16. The molecule has 5 nitrogen and oxygen atoms in total. The first-order valence-corrected chi connectivity index (χ1v) is 5.68. The zero-order valence-corrected chi connectivity index (χ0v) is 9.11. The molecule has 0 aliphatic heterocycles. The van der Waals surface area contributed by atoms with E-state index in [1.807, 2.05) is 0 Å². The van der Waals surface area contributed by atoms with E-state index in [-0.39, 0.29) is 10.6 Å². The van der Waals surface area contributed by atoms with Gasteiger partial charge in [0.1, 0.15) is 5.69 Å². The van der Waals surface area contributed by atoms with Crippen LogP contribution in [0.25, 0.3) is 0 Å². The Bertz CT molecular complexity index is 375. The molecule has 0 unspecified atom stereocenters. The number of rotatable bonds is 3. The molecule has 0 spiro atoms. The molecule has 5 heteroatoms. The van der Waals surface area contributed by atoms with Crippen molar-refractivity contribution in [1.29, 1.82) is 0 Å². The normalized spacial score (nSPS) is 17.0. The zero-order chi connectivity index (χ0) is 11.4. The van der Waals surface area contributed by atoms with Crippen LogP contribution in [0.3, 0.4) is 0 Å². The van der Waals surface area contributed by atoms with Crippen LogP contribution in [0.1, 0.15) is 32.1 Å². The van der Waals surface area contributed by atoms with Gasteiger partial charge in [0.05, 0.1) is 4.92 Å². The molecule has 2 rings (SSSR count). The van der Waals surface area contributed by atoms with Crippen LogP contribution in [0.15, 0.2) is 18.5 Å². The first-order chi connectivity index (χ1) is 7.77. The molecule has 1 aromatic heterocycles. The van der Waals surface area contributed by atoms with Crippen LogP contribution in [-0.2, 0) is 0 Å². The lowest BCUT2D eigenvalue weighted by molar-refractivity contribution is -0.419. The summed E-state index contributed by atoms with van der Waals surface area (Å²) >= 11 is 0. The lowest BCUT2D eigenvalue weighted by Gasteiger charge is -2.23. The van der Waals surface area contributed by atoms with Gasteiger partial charge in [0.15, 0.2) is 6.20 Å². The summed E-state index contributed by atoms with van der Waals surface area (Å²) in [7, 11) is 0. The van der Waals surface area contributed by atoms with E-state index in [1.165, 1.54) is 25.5 Å². The molecule has 0 bridgehead atoms. The highest BCUT2D eigenvalue weighted by Gasteiger charge is 2.20. The lowest BCUT2D eigenvalue weighted by atomic mass is 9.95. The molecular weight excluding hydrogens is 206 g/mol. The summed E-state index contributed by atoms with van der Waals surface area (Å²) in [6.45, 7) is 0. The molecule has 2 N–H and O–H groups in total. The standard InChI is InChI=1S/C11H15N3O2/c15-14(16)11-8-12-7-6-10(11)13-9-4-2-1-3-5-9/h6-9H,1-5H2,(H,12,13)/p+1. The van der Waals surface area contributed by atoms with E-state index in [2.05, 4.69) is 10.3 Å². The molecule has 16 heavy (non-hydrogen) atoms. The number of hydrogen-bond acceptors (Lipinski definition) is 3. The maximum Gasteiger partial charge on any atom is 0.355 e. The maximum atomic E-state index is 10.8. The Kier molecular flexibility index (Phi) is 3.34. The summed E-state index contributed by atoms with van der Waals surface area (Å²) in [6.07, 6.45) is 9.05. The predicted octanol–water partition coefficient (Wildman–Crippen LogP) is 2.15. The fourth-order valence-corrected chi connectivity index (χ4v) is 2.16. The van der Waals surface area contributed by atoms with E-state index >= 15 is 0 Å². The summed E-state index contributed by atoms with van der Waals surface area (Å²) in [5, 5.41) is 14.1. The third-order valence-electron chi connectivity index (χ3n) is 3.00. The fraction of sp³-hybridized carbons (Fsp3) is 0.545. The van der Waals surface area contributed by atoms with Crippen molar-refractivity contribution < 1.29 is 9.91 Å². The summed E-state index contributed by atoms with van der Waals surface area (Å²) < 4.78 is 0. The molecule has 1 aliphatic carbocycles. The van der Waals surface area contributed by atoms with Crippen molar-refractivity contribution in [2.24, 2.45) is 0 Å². The van der Waals surface area contributed by atoms with Crippen molar-refractivity contribution in [1.82, 2.24) is 0 Å².